The highest BCUT2D eigenvalue weighted by Gasteiger charge is 2.19. The van der Waals surface area contributed by atoms with Gasteiger partial charge in [0, 0.05) is 12.6 Å². The number of aromatic carboxylic acids is 1. The van der Waals surface area contributed by atoms with Crippen LogP contribution in [0.15, 0.2) is 18.2 Å². The molecule has 18 heavy (non-hydrogen) atoms. The van der Waals surface area contributed by atoms with Crippen LogP contribution in [-0.2, 0) is 6.54 Å². The van der Waals surface area contributed by atoms with Gasteiger partial charge < -0.3 is 5.11 Å². The minimum Gasteiger partial charge on any atom is -0.478 e. The molecule has 98 valence electrons. The molecule has 1 unspecified atom stereocenters. The SMILES string of the molecule is CC1CCCCN1Cc1ccc(F)c(C(=O)O)c1. The van der Waals surface area contributed by atoms with Crippen molar-refractivity contribution in [3.05, 3.63) is 35.1 Å². The second-order valence-electron chi connectivity index (χ2n) is 4.93. The van der Waals surface area contributed by atoms with Crippen molar-refractivity contribution in [3.8, 4) is 0 Å². The van der Waals surface area contributed by atoms with E-state index in [1.165, 1.54) is 31.4 Å². The molecule has 0 radical (unpaired) electrons. The minimum absolute atomic E-state index is 0.239. The zero-order valence-corrected chi connectivity index (χ0v) is 10.5. The summed E-state index contributed by atoms with van der Waals surface area (Å²) in [5.41, 5.74) is 0.625. The Bertz CT molecular complexity index is 447. The molecule has 1 N–H and O–H groups in total. The number of piperidine rings is 1. The Morgan fingerprint density at radius 2 is 2.28 bits per heavy atom. The highest BCUT2D eigenvalue weighted by Crippen LogP contribution is 2.20. The number of carboxylic acid groups (broad SMARTS) is 1. The predicted octanol–water partition coefficient (Wildman–Crippen LogP) is 2.90. The Morgan fingerprint density at radius 3 is 2.94 bits per heavy atom. The number of carbonyl (C=O) groups is 1. The van der Waals surface area contributed by atoms with Crippen molar-refractivity contribution in [1.29, 1.82) is 0 Å². The third kappa shape index (κ3) is 2.88. The maximum absolute atomic E-state index is 13.3. The first-order valence-electron chi connectivity index (χ1n) is 6.33. The van der Waals surface area contributed by atoms with Gasteiger partial charge in [0.1, 0.15) is 5.82 Å². The molecule has 4 heteroatoms. The Balaban J connectivity index is 2.14. The lowest BCUT2D eigenvalue weighted by Crippen LogP contribution is -2.36. The molecule has 1 aromatic rings. The van der Waals surface area contributed by atoms with Gasteiger partial charge in [-0.25, -0.2) is 9.18 Å². The highest BCUT2D eigenvalue weighted by molar-refractivity contribution is 5.88. The molecule has 0 aliphatic carbocycles. The molecular formula is C14H18FNO2. The maximum atomic E-state index is 13.3. The summed E-state index contributed by atoms with van der Waals surface area (Å²) in [7, 11) is 0. The Hall–Kier alpha value is -1.42. The van der Waals surface area contributed by atoms with E-state index in [-0.39, 0.29) is 5.56 Å². The van der Waals surface area contributed by atoms with Crippen LogP contribution in [-0.4, -0.2) is 28.6 Å². The monoisotopic (exact) mass is 251 g/mol. The van der Waals surface area contributed by atoms with Gasteiger partial charge in [0.15, 0.2) is 0 Å². The lowest BCUT2D eigenvalue weighted by molar-refractivity contribution is 0.0691. The van der Waals surface area contributed by atoms with Crippen LogP contribution in [0.4, 0.5) is 4.39 Å². The van der Waals surface area contributed by atoms with Crippen LogP contribution < -0.4 is 0 Å². The fraction of sp³-hybridized carbons (Fsp3) is 0.500. The van der Waals surface area contributed by atoms with E-state index in [9.17, 15) is 9.18 Å². The second kappa shape index (κ2) is 5.48. The van der Waals surface area contributed by atoms with Crippen LogP contribution in [0, 0.1) is 5.82 Å². The fourth-order valence-corrected chi connectivity index (χ4v) is 2.46. The molecule has 1 atom stereocenters. The predicted molar refractivity (Wildman–Crippen MR) is 67.1 cm³/mol. The number of rotatable bonds is 3. The molecular weight excluding hydrogens is 233 g/mol. The van der Waals surface area contributed by atoms with Gasteiger partial charge in [0.05, 0.1) is 5.56 Å². The van der Waals surface area contributed by atoms with E-state index >= 15 is 0 Å². The van der Waals surface area contributed by atoms with Gasteiger partial charge >= 0.3 is 5.97 Å². The molecule has 0 aromatic heterocycles. The zero-order valence-electron chi connectivity index (χ0n) is 10.5. The Labute approximate surface area is 106 Å². The lowest BCUT2D eigenvalue weighted by atomic mass is 10.0. The summed E-state index contributed by atoms with van der Waals surface area (Å²) in [5, 5.41) is 8.89. The van der Waals surface area contributed by atoms with Gasteiger partial charge in [0.2, 0.25) is 0 Å². The maximum Gasteiger partial charge on any atom is 0.338 e. The van der Waals surface area contributed by atoms with Crippen molar-refractivity contribution in [3.63, 3.8) is 0 Å². The van der Waals surface area contributed by atoms with Crippen LogP contribution in [0.25, 0.3) is 0 Å². The number of hydrogen-bond acceptors (Lipinski definition) is 2. The molecule has 1 heterocycles. The van der Waals surface area contributed by atoms with Gasteiger partial charge in [-0.2, -0.15) is 0 Å². The number of benzene rings is 1. The summed E-state index contributed by atoms with van der Waals surface area (Å²) in [6.07, 6.45) is 3.60. The topological polar surface area (TPSA) is 40.5 Å². The number of carboxylic acids is 1. The van der Waals surface area contributed by atoms with Crippen molar-refractivity contribution in [2.75, 3.05) is 6.54 Å². The molecule has 1 saturated heterocycles. The number of likely N-dealkylation sites (tertiary alicyclic amines) is 1. The van der Waals surface area contributed by atoms with Crippen molar-refractivity contribution in [2.24, 2.45) is 0 Å². The van der Waals surface area contributed by atoms with E-state index in [0.29, 0.717) is 12.6 Å². The van der Waals surface area contributed by atoms with Gasteiger partial charge in [-0.1, -0.05) is 12.5 Å². The largest absolute Gasteiger partial charge is 0.478 e. The molecule has 1 aromatic carbocycles. The summed E-state index contributed by atoms with van der Waals surface area (Å²) < 4.78 is 13.3. The standard InChI is InChI=1S/C14H18FNO2/c1-10-4-2-3-7-16(10)9-11-5-6-13(15)12(8-11)14(17)18/h5-6,8,10H,2-4,7,9H2,1H3,(H,17,18). The summed E-state index contributed by atoms with van der Waals surface area (Å²) >= 11 is 0. The zero-order chi connectivity index (χ0) is 13.1. The molecule has 1 aliphatic rings. The highest BCUT2D eigenvalue weighted by atomic mass is 19.1. The average Bonchev–Trinajstić information content (AvgIpc) is 2.34. The van der Waals surface area contributed by atoms with E-state index in [4.69, 9.17) is 5.11 Å². The number of nitrogens with zero attached hydrogens (tertiary/aromatic N) is 1. The van der Waals surface area contributed by atoms with Crippen LogP contribution >= 0.6 is 0 Å². The Morgan fingerprint density at radius 1 is 1.50 bits per heavy atom. The van der Waals surface area contributed by atoms with Gasteiger partial charge in [-0.15, -0.1) is 0 Å². The van der Waals surface area contributed by atoms with E-state index in [1.807, 2.05) is 0 Å². The first-order chi connectivity index (χ1) is 8.58. The van der Waals surface area contributed by atoms with Gasteiger partial charge in [0.25, 0.3) is 0 Å². The molecule has 1 fully saturated rings. The van der Waals surface area contributed by atoms with Crippen molar-refractivity contribution >= 4 is 5.97 Å². The fourth-order valence-electron chi connectivity index (χ4n) is 2.46. The summed E-state index contributed by atoms with van der Waals surface area (Å²) in [4.78, 5) is 13.2. The third-order valence-electron chi connectivity index (χ3n) is 3.59. The van der Waals surface area contributed by atoms with Crippen LogP contribution in [0.5, 0.6) is 0 Å². The molecule has 2 rings (SSSR count). The first kappa shape index (κ1) is 13.0. The second-order valence-corrected chi connectivity index (χ2v) is 4.93. The van der Waals surface area contributed by atoms with E-state index in [0.717, 1.165) is 12.1 Å². The summed E-state index contributed by atoms with van der Waals surface area (Å²) in [6, 6.07) is 4.87. The van der Waals surface area contributed by atoms with E-state index in [2.05, 4.69) is 11.8 Å². The van der Waals surface area contributed by atoms with Crippen LogP contribution in [0.3, 0.4) is 0 Å². The van der Waals surface area contributed by atoms with Gasteiger partial charge in [-0.3, -0.25) is 4.90 Å². The summed E-state index contributed by atoms with van der Waals surface area (Å²) in [6.45, 7) is 3.91. The molecule has 3 nitrogen and oxygen atoms in total. The minimum atomic E-state index is -1.21. The first-order valence-corrected chi connectivity index (χ1v) is 6.33. The lowest BCUT2D eigenvalue weighted by Gasteiger charge is -2.33. The molecule has 1 aliphatic heterocycles. The van der Waals surface area contributed by atoms with Crippen LogP contribution in [0.2, 0.25) is 0 Å². The van der Waals surface area contributed by atoms with Crippen molar-refractivity contribution in [1.82, 2.24) is 4.90 Å². The Kier molecular flexibility index (Phi) is 3.97. The van der Waals surface area contributed by atoms with Crippen LogP contribution in [0.1, 0.15) is 42.1 Å². The number of halogens is 1. The number of hydrogen-bond donors (Lipinski definition) is 1. The van der Waals surface area contributed by atoms with E-state index < -0.39 is 11.8 Å². The quantitative estimate of drug-likeness (QED) is 0.898. The average molecular weight is 251 g/mol. The normalized spacial score (nSPS) is 20.9. The molecule has 0 bridgehead atoms. The third-order valence-corrected chi connectivity index (χ3v) is 3.59. The summed E-state index contributed by atoms with van der Waals surface area (Å²) in [5.74, 6) is -1.88. The molecule has 0 spiro atoms. The van der Waals surface area contributed by atoms with Gasteiger partial charge in [-0.05, 0) is 44.0 Å². The van der Waals surface area contributed by atoms with Crippen molar-refractivity contribution in [2.45, 2.75) is 38.8 Å². The van der Waals surface area contributed by atoms with E-state index in [1.54, 1.807) is 6.07 Å². The molecule has 0 amide bonds. The van der Waals surface area contributed by atoms with Crippen molar-refractivity contribution < 1.29 is 14.3 Å². The molecule has 0 saturated carbocycles. The smallest absolute Gasteiger partial charge is 0.338 e.